The van der Waals surface area contributed by atoms with Crippen molar-refractivity contribution in [1.82, 2.24) is 10.0 Å². The van der Waals surface area contributed by atoms with Crippen LogP contribution in [-0.2, 0) is 10.0 Å². The van der Waals surface area contributed by atoms with Gasteiger partial charge in [-0.05, 0) is 19.1 Å². The lowest BCUT2D eigenvalue weighted by Crippen LogP contribution is -2.39. The first kappa shape index (κ1) is 11.4. The van der Waals surface area contributed by atoms with Crippen LogP contribution in [0.2, 0.25) is 0 Å². The van der Waals surface area contributed by atoms with Gasteiger partial charge in [-0.1, -0.05) is 12.2 Å². The van der Waals surface area contributed by atoms with Gasteiger partial charge in [0.25, 0.3) is 0 Å². The Morgan fingerprint density at radius 2 is 2.08 bits per heavy atom. The SMILES string of the molecule is C=C(C)CNC(=S)NS(C)(=O)=O. The first-order valence-electron chi connectivity index (χ1n) is 3.21. The average molecular weight is 208 g/mol. The van der Waals surface area contributed by atoms with E-state index in [9.17, 15) is 8.42 Å². The number of hydrogen-bond acceptors (Lipinski definition) is 3. The average Bonchev–Trinajstić information content (AvgIpc) is 1.79. The molecule has 0 bridgehead atoms. The van der Waals surface area contributed by atoms with Gasteiger partial charge in [0.05, 0.1) is 6.26 Å². The summed E-state index contributed by atoms with van der Waals surface area (Å²) in [4.78, 5) is 0. The fourth-order valence-corrected chi connectivity index (χ4v) is 1.37. The van der Waals surface area contributed by atoms with Gasteiger partial charge in [0.1, 0.15) is 0 Å². The normalized spacial score (nSPS) is 10.5. The molecule has 0 aromatic carbocycles. The summed E-state index contributed by atoms with van der Waals surface area (Å²) < 4.78 is 23.4. The second-order valence-electron chi connectivity index (χ2n) is 2.51. The molecule has 0 radical (unpaired) electrons. The maximum Gasteiger partial charge on any atom is 0.231 e. The van der Waals surface area contributed by atoms with Crippen LogP contribution in [0, 0.1) is 0 Å². The van der Waals surface area contributed by atoms with Crippen LogP contribution in [0.1, 0.15) is 6.92 Å². The minimum absolute atomic E-state index is 0.0977. The van der Waals surface area contributed by atoms with Gasteiger partial charge in [-0.3, -0.25) is 4.72 Å². The van der Waals surface area contributed by atoms with Crippen LogP contribution in [0.25, 0.3) is 0 Å². The molecule has 0 aromatic heterocycles. The van der Waals surface area contributed by atoms with Crippen molar-refractivity contribution in [3.05, 3.63) is 12.2 Å². The largest absolute Gasteiger partial charge is 0.358 e. The highest BCUT2D eigenvalue weighted by atomic mass is 32.2. The van der Waals surface area contributed by atoms with E-state index in [0.717, 1.165) is 11.8 Å². The second-order valence-corrected chi connectivity index (χ2v) is 4.67. The first-order chi connectivity index (χ1) is 5.31. The van der Waals surface area contributed by atoms with E-state index >= 15 is 0 Å². The highest BCUT2D eigenvalue weighted by Gasteiger charge is 2.02. The Hall–Kier alpha value is -0.620. The minimum Gasteiger partial charge on any atom is -0.358 e. The van der Waals surface area contributed by atoms with Crippen molar-refractivity contribution in [3.8, 4) is 0 Å². The van der Waals surface area contributed by atoms with Gasteiger partial charge in [-0.2, -0.15) is 0 Å². The number of nitrogens with one attached hydrogen (secondary N) is 2. The van der Waals surface area contributed by atoms with E-state index in [1.807, 2.05) is 6.92 Å². The molecule has 70 valence electrons. The van der Waals surface area contributed by atoms with Crippen LogP contribution in [0.4, 0.5) is 0 Å². The van der Waals surface area contributed by atoms with Crippen LogP contribution in [0.3, 0.4) is 0 Å². The summed E-state index contributed by atoms with van der Waals surface area (Å²) >= 11 is 4.68. The fraction of sp³-hybridized carbons (Fsp3) is 0.500. The third-order valence-electron chi connectivity index (χ3n) is 0.829. The molecule has 0 aliphatic carbocycles. The monoisotopic (exact) mass is 208 g/mol. The summed E-state index contributed by atoms with van der Waals surface area (Å²) in [6.07, 6.45) is 1.04. The lowest BCUT2D eigenvalue weighted by atomic mass is 10.4. The zero-order valence-corrected chi connectivity index (χ0v) is 8.68. The molecule has 0 atom stereocenters. The van der Waals surface area contributed by atoms with E-state index in [-0.39, 0.29) is 5.11 Å². The molecule has 0 aliphatic rings. The highest BCUT2D eigenvalue weighted by Crippen LogP contribution is 1.82. The lowest BCUT2D eigenvalue weighted by molar-refractivity contribution is 0.598. The van der Waals surface area contributed by atoms with Gasteiger partial charge in [-0.15, -0.1) is 0 Å². The van der Waals surface area contributed by atoms with Gasteiger partial charge in [-0.25, -0.2) is 8.42 Å². The van der Waals surface area contributed by atoms with Gasteiger partial charge >= 0.3 is 0 Å². The number of rotatable bonds is 3. The van der Waals surface area contributed by atoms with Gasteiger partial charge in [0.15, 0.2) is 5.11 Å². The molecule has 0 fully saturated rings. The van der Waals surface area contributed by atoms with E-state index in [1.54, 1.807) is 0 Å². The molecular formula is C6H12N2O2S2. The topological polar surface area (TPSA) is 58.2 Å². The van der Waals surface area contributed by atoms with E-state index in [2.05, 4.69) is 28.8 Å². The highest BCUT2D eigenvalue weighted by molar-refractivity contribution is 7.91. The second kappa shape index (κ2) is 4.42. The molecule has 0 amide bonds. The Labute approximate surface area is 78.1 Å². The third-order valence-corrected chi connectivity index (χ3v) is 1.78. The fourth-order valence-electron chi connectivity index (χ4n) is 0.436. The number of thiocarbonyl (C=S) groups is 1. The Morgan fingerprint density at radius 1 is 1.58 bits per heavy atom. The van der Waals surface area contributed by atoms with Gasteiger partial charge < -0.3 is 5.32 Å². The van der Waals surface area contributed by atoms with Crippen LogP contribution in [-0.4, -0.2) is 26.3 Å². The zero-order valence-electron chi connectivity index (χ0n) is 7.05. The van der Waals surface area contributed by atoms with E-state index < -0.39 is 10.0 Å². The van der Waals surface area contributed by atoms with Crippen LogP contribution in [0.5, 0.6) is 0 Å². The molecule has 0 heterocycles. The smallest absolute Gasteiger partial charge is 0.231 e. The summed E-state index contributed by atoms with van der Waals surface area (Å²) in [6.45, 7) is 5.91. The van der Waals surface area contributed by atoms with E-state index in [0.29, 0.717) is 6.54 Å². The summed E-state index contributed by atoms with van der Waals surface area (Å²) in [5.41, 5.74) is 0.882. The van der Waals surface area contributed by atoms with Crippen LogP contribution >= 0.6 is 12.2 Å². The quantitative estimate of drug-likeness (QED) is 0.506. The molecule has 12 heavy (non-hydrogen) atoms. The molecule has 0 aromatic rings. The Bertz CT molecular complexity index is 282. The van der Waals surface area contributed by atoms with E-state index in [1.165, 1.54) is 0 Å². The van der Waals surface area contributed by atoms with Gasteiger partial charge in [0.2, 0.25) is 10.0 Å². The lowest BCUT2D eigenvalue weighted by Gasteiger charge is -2.07. The van der Waals surface area contributed by atoms with Crippen molar-refractivity contribution in [3.63, 3.8) is 0 Å². The number of hydrogen-bond donors (Lipinski definition) is 2. The molecule has 4 nitrogen and oxygen atoms in total. The summed E-state index contributed by atoms with van der Waals surface area (Å²) in [5, 5.41) is 2.78. The molecule has 0 aliphatic heterocycles. The first-order valence-corrected chi connectivity index (χ1v) is 5.51. The molecule has 0 saturated heterocycles. The summed E-state index contributed by atoms with van der Waals surface area (Å²) in [6, 6.07) is 0. The summed E-state index contributed by atoms with van der Waals surface area (Å²) in [7, 11) is -3.25. The van der Waals surface area contributed by atoms with Crippen molar-refractivity contribution in [2.45, 2.75) is 6.92 Å². The predicted molar refractivity (Wildman–Crippen MR) is 53.4 cm³/mol. The van der Waals surface area contributed by atoms with Crippen molar-refractivity contribution in [2.75, 3.05) is 12.8 Å². The maximum atomic E-state index is 10.6. The van der Waals surface area contributed by atoms with Crippen LogP contribution < -0.4 is 10.0 Å². The molecule has 0 saturated carbocycles. The standard InChI is InChI=1S/C6H12N2O2S2/c1-5(2)4-7-6(11)8-12(3,9)10/h1,4H2,2-3H3,(H2,7,8,11). The predicted octanol–water partition coefficient (Wildman–Crippen LogP) is -0.0138. The Balaban J connectivity index is 3.84. The Kier molecular flexibility index (Phi) is 4.19. The molecule has 0 rings (SSSR count). The van der Waals surface area contributed by atoms with Gasteiger partial charge in [0, 0.05) is 6.54 Å². The molecule has 2 N–H and O–H groups in total. The Morgan fingerprint density at radius 3 is 2.42 bits per heavy atom. The van der Waals surface area contributed by atoms with Crippen molar-refractivity contribution < 1.29 is 8.42 Å². The molecule has 6 heteroatoms. The minimum atomic E-state index is -3.25. The van der Waals surface area contributed by atoms with Crippen molar-refractivity contribution in [2.24, 2.45) is 0 Å². The molecule has 0 spiro atoms. The van der Waals surface area contributed by atoms with Crippen molar-refractivity contribution >= 4 is 27.4 Å². The zero-order chi connectivity index (χ0) is 9.78. The maximum absolute atomic E-state index is 10.6. The van der Waals surface area contributed by atoms with Crippen molar-refractivity contribution in [1.29, 1.82) is 0 Å². The summed E-state index contributed by atoms with van der Waals surface area (Å²) in [5.74, 6) is 0. The number of sulfonamides is 1. The van der Waals surface area contributed by atoms with E-state index in [4.69, 9.17) is 0 Å². The molecule has 0 unspecified atom stereocenters. The third kappa shape index (κ3) is 7.49. The van der Waals surface area contributed by atoms with Crippen LogP contribution in [0.15, 0.2) is 12.2 Å². The molecular weight excluding hydrogens is 196 g/mol.